The molecule has 1 heterocycles. The van der Waals surface area contributed by atoms with Gasteiger partial charge in [-0.05, 0) is 0 Å². The molecule has 1 aliphatic rings. The molecule has 1 fully saturated rings. The lowest BCUT2D eigenvalue weighted by Crippen LogP contribution is -2.31. The number of carbonyl (C=O) groups is 1. The summed E-state index contributed by atoms with van der Waals surface area (Å²) in [5.74, 6) is -0.0162. The van der Waals surface area contributed by atoms with E-state index in [0.29, 0.717) is 6.73 Å². The molecule has 0 radical (unpaired) electrons. The molecule has 0 aliphatic carbocycles. The lowest BCUT2D eigenvalue weighted by Gasteiger charge is -2.03. The van der Waals surface area contributed by atoms with Gasteiger partial charge in [0.25, 0.3) is 5.91 Å². The van der Waals surface area contributed by atoms with Crippen LogP contribution >= 0.6 is 0 Å². The van der Waals surface area contributed by atoms with Gasteiger partial charge in [0.15, 0.2) is 6.10 Å². The van der Waals surface area contributed by atoms with Crippen LogP contribution in [0.25, 0.3) is 0 Å². The van der Waals surface area contributed by atoms with Crippen LogP contribution in [0.5, 0.6) is 0 Å². The second-order valence-electron chi connectivity index (χ2n) is 2.06. The highest BCUT2D eigenvalue weighted by atomic mass is 16.5. The van der Waals surface area contributed by atoms with Gasteiger partial charge < -0.3 is 15.4 Å². The van der Waals surface area contributed by atoms with Gasteiger partial charge in [0.2, 0.25) is 0 Å². The van der Waals surface area contributed by atoms with Crippen molar-refractivity contribution in [2.45, 2.75) is 6.10 Å². The second kappa shape index (κ2) is 2.33. The molecule has 1 unspecified atom stereocenters. The van der Waals surface area contributed by atoms with Crippen LogP contribution in [0, 0.1) is 0 Å². The van der Waals surface area contributed by atoms with Crippen molar-refractivity contribution < 1.29 is 9.53 Å². The number of likely N-dealkylation sites (N-methyl/N-ethyl adjacent to an activating group) is 1. The molecule has 2 N–H and O–H groups in total. The Bertz CT molecular complexity index is 126. The molecule has 1 atom stereocenters. The van der Waals surface area contributed by atoms with Crippen LogP contribution in [0.3, 0.4) is 0 Å². The third-order valence-electron chi connectivity index (χ3n) is 1.34. The Hall–Kier alpha value is -0.610. The Labute approximate surface area is 53.6 Å². The molecule has 4 nitrogen and oxygen atoms in total. The predicted octanol–water partition coefficient (Wildman–Crippen LogP) is -1.24. The highest BCUT2D eigenvalue weighted by molar-refractivity contribution is 5.82. The largest absolute Gasteiger partial charge is 0.347 e. The fourth-order valence-corrected chi connectivity index (χ4v) is 0.751. The average Bonchev–Trinajstić information content (AvgIpc) is 2.15. The van der Waals surface area contributed by atoms with E-state index in [1.807, 2.05) is 0 Å². The summed E-state index contributed by atoms with van der Waals surface area (Å²) in [7, 11) is 1.69. The first-order valence-corrected chi connectivity index (χ1v) is 2.82. The summed E-state index contributed by atoms with van der Waals surface area (Å²) in [5, 5.41) is 0. The van der Waals surface area contributed by atoms with Crippen LogP contribution in [0.2, 0.25) is 0 Å². The second-order valence-corrected chi connectivity index (χ2v) is 2.06. The van der Waals surface area contributed by atoms with Gasteiger partial charge in [-0.25, -0.2) is 0 Å². The number of ether oxygens (including phenoxy) is 1. The molecule has 0 aromatic carbocycles. The summed E-state index contributed by atoms with van der Waals surface area (Å²) in [6.07, 6.45) is -0.394. The third kappa shape index (κ3) is 1.04. The minimum absolute atomic E-state index is 0.0162. The zero-order valence-corrected chi connectivity index (χ0v) is 5.33. The molecule has 0 aromatic heterocycles. The average molecular weight is 130 g/mol. The molecule has 0 aromatic rings. The van der Waals surface area contributed by atoms with Crippen molar-refractivity contribution in [1.29, 1.82) is 0 Å². The fourth-order valence-electron chi connectivity index (χ4n) is 0.751. The summed E-state index contributed by atoms with van der Waals surface area (Å²) >= 11 is 0. The van der Waals surface area contributed by atoms with Crippen LogP contribution in [0.15, 0.2) is 0 Å². The number of nitrogens with zero attached hydrogens (tertiary/aromatic N) is 1. The van der Waals surface area contributed by atoms with Crippen molar-refractivity contribution in [1.82, 2.24) is 4.90 Å². The maximum atomic E-state index is 10.9. The predicted molar refractivity (Wildman–Crippen MR) is 31.6 cm³/mol. The highest BCUT2D eigenvalue weighted by Gasteiger charge is 2.27. The molecule has 1 saturated heterocycles. The highest BCUT2D eigenvalue weighted by Crippen LogP contribution is 2.04. The zero-order valence-electron chi connectivity index (χ0n) is 5.33. The van der Waals surface area contributed by atoms with E-state index in [-0.39, 0.29) is 12.5 Å². The number of rotatable bonds is 1. The monoisotopic (exact) mass is 130 g/mol. The smallest absolute Gasteiger partial charge is 0.254 e. The van der Waals surface area contributed by atoms with Crippen molar-refractivity contribution in [3.63, 3.8) is 0 Å². The summed E-state index contributed by atoms with van der Waals surface area (Å²) in [4.78, 5) is 12.4. The summed E-state index contributed by atoms with van der Waals surface area (Å²) in [6, 6.07) is 0. The van der Waals surface area contributed by atoms with E-state index in [0.717, 1.165) is 0 Å². The van der Waals surface area contributed by atoms with E-state index in [2.05, 4.69) is 0 Å². The van der Waals surface area contributed by atoms with Crippen LogP contribution in [0.1, 0.15) is 0 Å². The number of carbonyl (C=O) groups excluding carboxylic acids is 1. The molecule has 4 heteroatoms. The third-order valence-corrected chi connectivity index (χ3v) is 1.34. The Morgan fingerprint density at radius 2 is 2.67 bits per heavy atom. The maximum Gasteiger partial charge on any atom is 0.254 e. The number of hydrogen-bond acceptors (Lipinski definition) is 3. The van der Waals surface area contributed by atoms with Gasteiger partial charge in [-0.3, -0.25) is 4.79 Å². The van der Waals surface area contributed by atoms with Crippen LogP contribution in [0.4, 0.5) is 0 Å². The Kier molecular flexibility index (Phi) is 1.68. The van der Waals surface area contributed by atoms with Gasteiger partial charge in [0.05, 0.1) is 0 Å². The van der Waals surface area contributed by atoms with Crippen molar-refractivity contribution in [2.24, 2.45) is 5.73 Å². The molecular weight excluding hydrogens is 120 g/mol. The topological polar surface area (TPSA) is 55.6 Å². The molecule has 0 saturated carbocycles. The SMILES string of the molecule is CN1COC(CN)C1=O. The van der Waals surface area contributed by atoms with Crippen LogP contribution in [-0.4, -0.2) is 37.2 Å². The molecule has 0 bridgehead atoms. The Morgan fingerprint density at radius 1 is 2.00 bits per heavy atom. The summed E-state index contributed by atoms with van der Waals surface area (Å²) in [6.45, 7) is 0.657. The van der Waals surface area contributed by atoms with Crippen molar-refractivity contribution in [2.75, 3.05) is 20.3 Å². The standard InChI is InChI=1S/C5H10N2O2/c1-7-3-9-4(2-6)5(7)8/h4H,2-3,6H2,1H3. The summed E-state index contributed by atoms with van der Waals surface area (Å²) < 4.78 is 4.98. The van der Waals surface area contributed by atoms with Crippen LogP contribution < -0.4 is 5.73 Å². The molecule has 0 spiro atoms. The quantitative estimate of drug-likeness (QED) is 0.483. The van der Waals surface area contributed by atoms with E-state index in [1.165, 1.54) is 4.90 Å². The van der Waals surface area contributed by atoms with E-state index in [9.17, 15) is 4.79 Å². The molecule has 1 aliphatic heterocycles. The molecule has 1 amide bonds. The van der Waals surface area contributed by atoms with E-state index in [4.69, 9.17) is 10.5 Å². The number of hydrogen-bond donors (Lipinski definition) is 1. The zero-order chi connectivity index (χ0) is 6.85. The lowest BCUT2D eigenvalue weighted by molar-refractivity contribution is -0.128. The van der Waals surface area contributed by atoms with Crippen molar-refractivity contribution in [3.05, 3.63) is 0 Å². The molecule has 9 heavy (non-hydrogen) atoms. The van der Waals surface area contributed by atoms with Gasteiger partial charge in [-0.1, -0.05) is 0 Å². The Balaban J connectivity index is 2.51. The van der Waals surface area contributed by atoms with Gasteiger partial charge >= 0.3 is 0 Å². The number of amides is 1. The van der Waals surface area contributed by atoms with Crippen LogP contribution in [-0.2, 0) is 9.53 Å². The normalized spacial score (nSPS) is 27.6. The maximum absolute atomic E-state index is 10.9. The minimum atomic E-state index is -0.394. The van der Waals surface area contributed by atoms with Gasteiger partial charge in [0.1, 0.15) is 6.73 Å². The van der Waals surface area contributed by atoms with Crippen molar-refractivity contribution >= 4 is 5.91 Å². The first-order valence-electron chi connectivity index (χ1n) is 2.82. The first-order chi connectivity index (χ1) is 4.25. The van der Waals surface area contributed by atoms with E-state index in [1.54, 1.807) is 7.05 Å². The number of nitrogens with two attached hydrogens (primary N) is 1. The van der Waals surface area contributed by atoms with Gasteiger partial charge in [-0.2, -0.15) is 0 Å². The van der Waals surface area contributed by atoms with Crippen molar-refractivity contribution in [3.8, 4) is 0 Å². The van der Waals surface area contributed by atoms with Gasteiger partial charge in [0, 0.05) is 13.6 Å². The summed E-state index contributed by atoms with van der Waals surface area (Å²) in [5.41, 5.74) is 5.21. The molecule has 1 rings (SSSR count). The lowest BCUT2D eigenvalue weighted by atomic mass is 10.3. The minimum Gasteiger partial charge on any atom is -0.347 e. The van der Waals surface area contributed by atoms with E-state index < -0.39 is 6.10 Å². The fraction of sp³-hybridized carbons (Fsp3) is 0.800. The molecular formula is C5H10N2O2. The molecule has 52 valence electrons. The van der Waals surface area contributed by atoms with E-state index >= 15 is 0 Å². The first kappa shape index (κ1) is 6.51. The van der Waals surface area contributed by atoms with Gasteiger partial charge in [-0.15, -0.1) is 0 Å². The Morgan fingerprint density at radius 3 is 2.89 bits per heavy atom.